The summed E-state index contributed by atoms with van der Waals surface area (Å²) in [6, 6.07) is 15.7. The van der Waals surface area contributed by atoms with Gasteiger partial charge in [-0.25, -0.2) is 9.59 Å². The Hall–Kier alpha value is -2.82. The Kier molecular flexibility index (Phi) is 4.79. The molecule has 5 nitrogen and oxygen atoms in total. The largest absolute Gasteiger partial charge is 0.479 e. The molecule has 2 aromatic rings. The van der Waals surface area contributed by atoms with E-state index in [1.807, 2.05) is 42.5 Å². The fraction of sp³-hybridized carbons (Fsp3) is 0.263. The second-order valence-electron chi connectivity index (χ2n) is 5.78. The maximum atomic E-state index is 12.5. The summed E-state index contributed by atoms with van der Waals surface area (Å²) in [4.78, 5) is 25.6. The molecule has 3 rings (SSSR count). The van der Waals surface area contributed by atoms with E-state index < -0.39 is 18.1 Å². The van der Waals surface area contributed by atoms with Crippen LogP contribution < -0.4 is 0 Å². The molecule has 0 saturated heterocycles. The minimum atomic E-state index is -1.04. The number of fused-ring (bicyclic) bond motifs is 1. The SMILES string of the molecule is O=C(O)C1c2ccccc2CCCN1C(=O)OCc1ccccc1. The van der Waals surface area contributed by atoms with Crippen molar-refractivity contribution in [1.82, 2.24) is 4.90 Å². The van der Waals surface area contributed by atoms with Gasteiger partial charge in [0.1, 0.15) is 6.61 Å². The predicted octanol–water partition coefficient (Wildman–Crippen LogP) is 3.40. The Morgan fingerprint density at radius 1 is 1.08 bits per heavy atom. The molecule has 0 radical (unpaired) electrons. The van der Waals surface area contributed by atoms with E-state index in [0.717, 1.165) is 17.5 Å². The van der Waals surface area contributed by atoms with Gasteiger partial charge in [-0.15, -0.1) is 0 Å². The van der Waals surface area contributed by atoms with E-state index in [1.54, 1.807) is 12.1 Å². The van der Waals surface area contributed by atoms with Crippen LogP contribution in [0.3, 0.4) is 0 Å². The minimum Gasteiger partial charge on any atom is -0.479 e. The van der Waals surface area contributed by atoms with E-state index in [9.17, 15) is 14.7 Å². The second-order valence-corrected chi connectivity index (χ2v) is 5.78. The molecule has 0 spiro atoms. The van der Waals surface area contributed by atoms with Crippen molar-refractivity contribution >= 4 is 12.1 Å². The van der Waals surface area contributed by atoms with Crippen LogP contribution >= 0.6 is 0 Å². The lowest BCUT2D eigenvalue weighted by Crippen LogP contribution is -2.39. The first kappa shape index (κ1) is 16.1. The molecule has 24 heavy (non-hydrogen) atoms. The van der Waals surface area contributed by atoms with Crippen molar-refractivity contribution in [3.8, 4) is 0 Å². The van der Waals surface area contributed by atoms with Gasteiger partial charge in [0.15, 0.2) is 6.04 Å². The molecule has 124 valence electrons. The average Bonchev–Trinajstić information content (AvgIpc) is 2.80. The van der Waals surface area contributed by atoms with Crippen molar-refractivity contribution in [2.45, 2.75) is 25.5 Å². The lowest BCUT2D eigenvalue weighted by molar-refractivity contribution is -0.143. The molecule has 1 atom stereocenters. The molecule has 1 amide bonds. The van der Waals surface area contributed by atoms with Crippen LogP contribution in [0.5, 0.6) is 0 Å². The van der Waals surface area contributed by atoms with Crippen LogP contribution in [0.4, 0.5) is 4.79 Å². The van der Waals surface area contributed by atoms with Gasteiger partial charge in [0.05, 0.1) is 0 Å². The Labute approximate surface area is 140 Å². The normalized spacial score (nSPS) is 16.8. The van der Waals surface area contributed by atoms with Gasteiger partial charge >= 0.3 is 12.1 Å². The maximum Gasteiger partial charge on any atom is 0.411 e. The van der Waals surface area contributed by atoms with Gasteiger partial charge in [0.2, 0.25) is 0 Å². The third-order valence-corrected chi connectivity index (χ3v) is 4.18. The van der Waals surface area contributed by atoms with Crippen LogP contribution in [0, 0.1) is 0 Å². The number of aliphatic carboxylic acids is 1. The van der Waals surface area contributed by atoms with E-state index >= 15 is 0 Å². The Balaban J connectivity index is 1.80. The molecule has 1 aliphatic rings. The van der Waals surface area contributed by atoms with Crippen LogP contribution in [0.15, 0.2) is 54.6 Å². The first-order valence-electron chi connectivity index (χ1n) is 7.95. The molecule has 1 unspecified atom stereocenters. The number of carbonyl (C=O) groups is 2. The summed E-state index contributed by atoms with van der Waals surface area (Å²) < 4.78 is 5.34. The number of carbonyl (C=O) groups excluding carboxylic acids is 1. The first-order chi connectivity index (χ1) is 11.7. The highest BCUT2D eigenvalue weighted by atomic mass is 16.6. The number of benzene rings is 2. The number of rotatable bonds is 3. The van der Waals surface area contributed by atoms with Crippen molar-refractivity contribution in [2.24, 2.45) is 0 Å². The molecule has 1 N–H and O–H groups in total. The number of ether oxygens (including phenoxy) is 1. The Bertz CT molecular complexity index is 729. The van der Waals surface area contributed by atoms with E-state index in [2.05, 4.69) is 0 Å². The van der Waals surface area contributed by atoms with Crippen molar-refractivity contribution in [1.29, 1.82) is 0 Å². The van der Waals surface area contributed by atoms with E-state index in [-0.39, 0.29) is 6.61 Å². The smallest absolute Gasteiger partial charge is 0.411 e. The standard InChI is InChI=1S/C19H19NO4/c21-18(22)17-16-11-5-4-9-15(16)10-6-12-20(17)19(23)24-13-14-7-2-1-3-8-14/h1-5,7-9,11,17H,6,10,12-13H2,(H,21,22). The topological polar surface area (TPSA) is 66.8 Å². The molecule has 0 fully saturated rings. The summed E-state index contributed by atoms with van der Waals surface area (Å²) in [5, 5.41) is 9.67. The van der Waals surface area contributed by atoms with Gasteiger partial charge < -0.3 is 9.84 Å². The summed E-state index contributed by atoms with van der Waals surface area (Å²) in [6.07, 6.45) is 0.867. The second kappa shape index (κ2) is 7.17. The number of carboxylic acid groups (broad SMARTS) is 1. The third-order valence-electron chi connectivity index (χ3n) is 4.18. The molecular weight excluding hydrogens is 306 g/mol. The summed E-state index contributed by atoms with van der Waals surface area (Å²) >= 11 is 0. The number of hydrogen-bond donors (Lipinski definition) is 1. The lowest BCUT2D eigenvalue weighted by Gasteiger charge is -2.27. The fourth-order valence-corrected chi connectivity index (χ4v) is 3.03. The quantitative estimate of drug-likeness (QED) is 0.939. The molecule has 1 heterocycles. The zero-order valence-electron chi connectivity index (χ0n) is 13.2. The molecule has 0 bridgehead atoms. The van der Waals surface area contributed by atoms with Crippen LogP contribution in [-0.2, 0) is 22.6 Å². The molecule has 0 aromatic heterocycles. The lowest BCUT2D eigenvalue weighted by atomic mass is 9.99. The zero-order chi connectivity index (χ0) is 16.9. The van der Waals surface area contributed by atoms with Crippen LogP contribution in [-0.4, -0.2) is 28.6 Å². The summed E-state index contributed by atoms with van der Waals surface area (Å²) in [6.45, 7) is 0.490. The van der Waals surface area contributed by atoms with Crippen LogP contribution in [0.25, 0.3) is 0 Å². The van der Waals surface area contributed by atoms with Crippen LogP contribution in [0.2, 0.25) is 0 Å². The number of carboxylic acids is 1. The molecule has 2 aromatic carbocycles. The van der Waals surface area contributed by atoms with Gasteiger partial charge in [-0.05, 0) is 29.5 Å². The number of aryl methyl sites for hydroxylation is 1. The highest BCUT2D eigenvalue weighted by molar-refractivity contribution is 5.82. The molecule has 5 heteroatoms. The summed E-state index contributed by atoms with van der Waals surface area (Å²) in [5.74, 6) is -1.04. The summed E-state index contributed by atoms with van der Waals surface area (Å²) in [5.41, 5.74) is 2.51. The monoisotopic (exact) mass is 325 g/mol. The van der Waals surface area contributed by atoms with Crippen molar-refractivity contribution in [2.75, 3.05) is 6.54 Å². The van der Waals surface area contributed by atoms with Crippen molar-refractivity contribution in [3.63, 3.8) is 0 Å². The van der Waals surface area contributed by atoms with Crippen molar-refractivity contribution < 1.29 is 19.4 Å². The molecule has 0 aliphatic carbocycles. The van der Waals surface area contributed by atoms with Gasteiger partial charge in [-0.2, -0.15) is 0 Å². The average molecular weight is 325 g/mol. The Morgan fingerprint density at radius 2 is 1.79 bits per heavy atom. The van der Waals surface area contributed by atoms with Crippen LogP contribution in [0.1, 0.15) is 29.2 Å². The first-order valence-corrected chi connectivity index (χ1v) is 7.95. The Morgan fingerprint density at radius 3 is 2.54 bits per heavy atom. The molecule has 1 aliphatic heterocycles. The highest BCUT2D eigenvalue weighted by Crippen LogP contribution is 2.29. The number of hydrogen-bond acceptors (Lipinski definition) is 3. The van der Waals surface area contributed by atoms with Gasteiger partial charge in [-0.3, -0.25) is 4.90 Å². The van der Waals surface area contributed by atoms with E-state index in [0.29, 0.717) is 18.5 Å². The fourth-order valence-electron chi connectivity index (χ4n) is 3.03. The van der Waals surface area contributed by atoms with Gasteiger partial charge in [0, 0.05) is 6.54 Å². The highest BCUT2D eigenvalue weighted by Gasteiger charge is 2.35. The van der Waals surface area contributed by atoms with E-state index in [1.165, 1.54) is 4.90 Å². The maximum absolute atomic E-state index is 12.5. The number of amides is 1. The summed E-state index contributed by atoms with van der Waals surface area (Å²) in [7, 11) is 0. The zero-order valence-corrected chi connectivity index (χ0v) is 13.2. The van der Waals surface area contributed by atoms with Gasteiger partial charge in [-0.1, -0.05) is 54.6 Å². The third kappa shape index (κ3) is 3.40. The minimum absolute atomic E-state index is 0.129. The molecule has 0 saturated carbocycles. The predicted molar refractivity (Wildman–Crippen MR) is 88.5 cm³/mol. The van der Waals surface area contributed by atoms with E-state index in [4.69, 9.17) is 4.74 Å². The van der Waals surface area contributed by atoms with Gasteiger partial charge in [0.25, 0.3) is 0 Å². The van der Waals surface area contributed by atoms with Crippen molar-refractivity contribution in [3.05, 3.63) is 71.3 Å². The number of nitrogens with zero attached hydrogens (tertiary/aromatic N) is 1. The molecular formula is C19H19NO4.